The van der Waals surface area contributed by atoms with Crippen LogP contribution >= 0.6 is 0 Å². The van der Waals surface area contributed by atoms with Crippen molar-refractivity contribution in [2.24, 2.45) is 10.2 Å². The quantitative estimate of drug-likeness (QED) is 0.435. The summed E-state index contributed by atoms with van der Waals surface area (Å²) in [6.07, 6.45) is 0. The molecule has 0 saturated heterocycles. The van der Waals surface area contributed by atoms with E-state index in [1.54, 1.807) is 42.5 Å². The molecule has 7 heteroatoms. The number of amides is 1. The zero-order valence-corrected chi connectivity index (χ0v) is 16.6. The van der Waals surface area contributed by atoms with E-state index in [1.165, 1.54) is 12.1 Å². The van der Waals surface area contributed by atoms with Gasteiger partial charge in [0.25, 0.3) is 5.91 Å². The minimum atomic E-state index is -0.675. The Labute approximate surface area is 174 Å². The molecule has 0 aliphatic carbocycles. The van der Waals surface area contributed by atoms with Crippen LogP contribution in [0.2, 0.25) is 0 Å². The number of esters is 1. The lowest BCUT2D eigenvalue weighted by molar-refractivity contribution is -0.119. The first-order valence-electron chi connectivity index (χ1n) is 9.26. The first kappa shape index (κ1) is 20.7. The third-order valence-electron chi connectivity index (χ3n) is 4.37. The normalized spacial score (nSPS) is 10.7. The molecule has 0 aliphatic rings. The molecule has 0 saturated carbocycles. The maximum Gasteiger partial charge on any atom is 0.340 e. The van der Waals surface area contributed by atoms with Gasteiger partial charge in [-0.05, 0) is 73.5 Å². The molecule has 3 rings (SSSR count). The Morgan fingerprint density at radius 2 is 1.67 bits per heavy atom. The molecule has 152 valence electrons. The van der Waals surface area contributed by atoms with Crippen molar-refractivity contribution in [3.8, 4) is 5.75 Å². The molecule has 0 heterocycles. The van der Waals surface area contributed by atoms with Crippen LogP contribution < -0.4 is 5.32 Å². The van der Waals surface area contributed by atoms with Crippen LogP contribution in [0.4, 0.5) is 17.1 Å². The summed E-state index contributed by atoms with van der Waals surface area (Å²) in [5, 5.41) is 20.2. The van der Waals surface area contributed by atoms with Crippen LogP contribution in [0.3, 0.4) is 0 Å². The Kier molecular flexibility index (Phi) is 6.54. The largest absolute Gasteiger partial charge is 0.508 e. The summed E-state index contributed by atoms with van der Waals surface area (Å²) in [4.78, 5) is 24.6. The Morgan fingerprint density at radius 3 is 2.40 bits per heavy atom. The second-order valence-electron chi connectivity index (χ2n) is 6.66. The third kappa shape index (κ3) is 5.51. The van der Waals surface area contributed by atoms with Crippen molar-refractivity contribution < 1.29 is 19.4 Å². The first-order chi connectivity index (χ1) is 14.4. The van der Waals surface area contributed by atoms with Crippen LogP contribution in [-0.4, -0.2) is 23.6 Å². The predicted octanol–water partition coefficient (Wildman–Crippen LogP) is 5.22. The summed E-state index contributed by atoms with van der Waals surface area (Å²) in [5.41, 5.74) is 3.84. The van der Waals surface area contributed by atoms with E-state index in [0.29, 0.717) is 17.1 Å². The average Bonchev–Trinajstić information content (AvgIpc) is 2.74. The van der Waals surface area contributed by atoms with Gasteiger partial charge in [0.2, 0.25) is 0 Å². The van der Waals surface area contributed by atoms with Crippen molar-refractivity contribution in [2.75, 3.05) is 11.9 Å². The fraction of sp³-hybridized carbons (Fsp3) is 0.130. The van der Waals surface area contributed by atoms with Crippen LogP contribution in [0, 0.1) is 13.8 Å². The van der Waals surface area contributed by atoms with Crippen LogP contribution in [0.25, 0.3) is 0 Å². The van der Waals surface area contributed by atoms with E-state index < -0.39 is 18.5 Å². The molecule has 3 aromatic carbocycles. The molecule has 3 aromatic rings. The fourth-order valence-corrected chi connectivity index (χ4v) is 2.59. The molecule has 7 nitrogen and oxygen atoms in total. The minimum absolute atomic E-state index is 0.122. The van der Waals surface area contributed by atoms with Gasteiger partial charge in [0.05, 0.1) is 11.3 Å². The number of hydrogen-bond acceptors (Lipinski definition) is 6. The molecule has 0 aromatic heterocycles. The van der Waals surface area contributed by atoms with Gasteiger partial charge in [-0.15, -0.1) is 5.11 Å². The van der Waals surface area contributed by atoms with E-state index in [0.717, 1.165) is 11.1 Å². The summed E-state index contributed by atoms with van der Waals surface area (Å²) in [7, 11) is 0. The smallest absolute Gasteiger partial charge is 0.340 e. The highest BCUT2D eigenvalue weighted by Crippen LogP contribution is 2.24. The number of ether oxygens (including phenoxy) is 1. The van der Waals surface area contributed by atoms with Gasteiger partial charge in [0, 0.05) is 5.69 Å². The van der Waals surface area contributed by atoms with E-state index >= 15 is 0 Å². The van der Waals surface area contributed by atoms with Gasteiger partial charge in [-0.2, -0.15) is 5.11 Å². The number of carbonyl (C=O) groups excluding carboxylic acids is 2. The van der Waals surface area contributed by atoms with Crippen LogP contribution in [-0.2, 0) is 9.53 Å². The molecule has 0 spiro atoms. The highest BCUT2D eigenvalue weighted by atomic mass is 16.5. The number of carbonyl (C=O) groups is 2. The lowest BCUT2D eigenvalue weighted by atomic mass is 10.1. The van der Waals surface area contributed by atoms with E-state index in [4.69, 9.17) is 4.74 Å². The highest BCUT2D eigenvalue weighted by Gasteiger charge is 2.14. The molecule has 0 unspecified atom stereocenters. The molecule has 0 radical (unpaired) electrons. The van der Waals surface area contributed by atoms with Crippen molar-refractivity contribution in [3.63, 3.8) is 0 Å². The lowest BCUT2D eigenvalue weighted by Crippen LogP contribution is -2.21. The number of rotatable bonds is 6. The van der Waals surface area contributed by atoms with Gasteiger partial charge in [-0.25, -0.2) is 4.79 Å². The number of azo groups is 1. The zero-order valence-electron chi connectivity index (χ0n) is 16.6. The molecule has 30 heavy (non-hydrogen) atoms. The van der Waals surface area contributed by atoms with Gasteiger partial charge >= 0.3 is 5.97 Å². The second kappa shape index (κ2) is 9.47. The van der Waals surface area contributed by atoms with Gasteiger partial charge in [0.1, 0.15) is 11.4 Å². The topological polar surface area (TPSA) is 100 Å². The van der Waals surface area contributed by atoms with Crippen molar-refractivity contribution in [1.29, 1.82) is 0 Å². The summed E-state index contributed by atoms with van der Waals surface area (Å²) in [6, 6.07) is 18.3. The Balaban J connectivity index is 1.63. The van der Waals surface area contributed by atoms with Crippen LogP contribution in [0.5, 0.6) is 5.75 Å². The maximum absolute atomic E-state index is 12.4. The van der Waals surface area contributed by atoms with Crippen molar-refractivity contribution in [2.45, 2.75) is 13.8 Å². The van der Waals surface area contributed by atoms with Crippen LogP contribution in [0.1, 0.15) is 21.5 Å². The number of nitrogens with zero attached hydrogens (tertiary/aromatic N) is 2. The molecular weight excluding hydrogens is 382 g/mol. The number of phenolic OH excluding ortho intramolecular Hbond substituents is 1. The van der Waals surface area contributed by atoms with Crippen molar-refractivity contribution in [1.82, 2.24) is 0 Å². The maximum atomic E-state index is 12.4. The zero-order chi connectivity index (χ0) is 21.5. The number of benzene rings is 3. The van der Waals surface area contributed by atoms with E-state index in [9.17, 15) is 14.7 Å². The summed E-state index contributed by atoms with van der Waals surface area (Å²) >= 11 is 0. The number of aryl methyl sites for hydroxylation is 2. The van der Waals surface area contributed by atoms with Crippen LogP contribution in [0.15, 0.2) is 77.0 Å². The summed E-state index contributed by atoms with van der Waals surface area (Å²) in [6.45, 7) is 3.52. The van der Waals surface area contributed by atoms with E-state index in [2.05, 4.69) is 15.5 Å². The monoisotopic (exact) mass is 403 g/mol. The van der Waals surface area contributed by atoms with Gasteiger partial charge < -0.3 is 15.2 Å². The molecular formula is C23H21N3O4. The van der Waals surface area contributed by atoms with Gasteiger partial charge in [-0.3, -0.25) is 4.79 Å². The summed E-state index contributed by atoms with van der Waals surface area (Å²) in [5.74, 6) is -0.989. The van der Waals surface area contributed by atoms with E-state index in [1.807, 2.05) is 26.0 Å². The molecule has 2 N–H and O–H groups in total. The number of aromatic hydroxyl groups is 1. The SMILES string of the molecule is Cc1ccc(NC(=O)COC(=O)c2ccccc2N=Nc2ccc(O)cc2)cc1C. The Morgan fingerprint density at radius 1 is 0.933 bits per heavy atom. The van der Waals surface area contributed by atoms with E-state index in [-0.39, 0.29) is 11.3 Å². The predicted molar refractivity (Wildman–Crippen MR) is 114 cm³/mol. The third-order valence-corrected chi connectivity index (χ3v) is 4.37. The standard InChI is InChI=1S/C23H21N3O4/c1-15-7-8-18(13-16(15)2)24-22(28)14-30-23(29)20-5-3-4-6-21(20)26-25-17-9-11-19(27)12-10-17/h3-13,27H,14H2,1-2H3,(H,24,28). The fourth-order valence-electron chi connectivity index (χ4n) is 2.59. The lowest BCUT2D eigenvalue weighted by Gasteiger charge is -2.09. The van der Waals surface area contributed by atoms with Crippen molar-refractivity contribution >= 4 is 28.9 Å². The number of hydrogen-bond donors (Lipinski definition) is 2. The highest BCUT2D eigenvalue weighted by molar-refractivity contribution is 5.98. The van der Waals surface area contributed by atoms with Gasteiger partial charge in [-0.1, -0.05) is 18.2 Å². The number of anilines is 1. The molecule has 0 fully saturated rings. The first-order valence-corrected chi connectivity index (χ1v) is 9.26. The van der Waals surface area contributed by atoms with Gasteiger partial charge in [0.15, 0.2) is 6.61 Å². The minimum Gasteiger partial charge on any atom is -0.508 e. The summed E-state index contributed by atoms with van der Waals surface area (Å²) < 4.78 is 5.14. The molecule has 0 atom stereocenters. The molecule has 1 amide bonds. The van der Waals surface area contributed by atoms with Crippen molar-refractivity contribution in [3.05, 3.63) is 83.4 Å². The average molecular weight is 403 g/mol. The molecule has 0 aliphatic heterocycles. The molecule has 0 bridgehead atoms. The number of phenols is 1. The Hall–Kier alpha value is -4.00. The Bertz CT molecular complexity index is 1090. The second-order valence-corrected chi connectivity index (χ2v) is 6.66. The number of nitrogens with one attached hydrogen (secondary N) is 1.